The van der Waals surface area contributed by atoms with E-state index in [1.807, 2.05) is 6.92 Å². The fourth-order valence-corrected chi connectivity index (χ4v) is 2.02. The Bertz CT molecular complexity index is 486. The fraction of sp³-hybridized carbons (Fsp3) is 0.533. The molecule has 0 aliphatic heterocycles. The summed E-state index contributed by atoms with van der Waals surface area (Å²) in [6.45, 7) is 3.38. The number of benzene rings is 1. The minimum absolute atomic E-state index is 0.149. The van der Waals surface area contributed by atoms with Crippen molar-refractivity contribution in [3.63, 3.8) is 0 Å². The molecule has 0 bridgehead atoms. The van der Waals surface area contributed by atoms with Crippen LogP contribution in [0.2, 0.25) is 0 Å². The molecule has 0 saturated heterocycles. The number of carbonyl (C=O) groups is 1. The molecule has 0 aliphatic rings. The van der Waals surface area contributed by atoms with Gasteiger partial charge in [-0.1, -0.05) is 25.8 Å². The lowest BCUT2D eigenvalue weighted by Gasteiger charge is -2.19. The molecule has 1 atom stereocenters. The summed E-state index contributed by atoms with van der Waals surface area (Å²) >= 11 is 0. The summed E-state index contributed by atoms with van der Waals surface area (Å²) in [4.78, 5) is 11.7. The van der Waals surface area contributed by atoms with E-state index in [9.17, 15) is 18.0 Å². The maximum atomic E-state index is 12.9. The van der Waals surface area contributed by atoms with Crippen molar-refractivity contribution in [1.29, 1.82) is 0 Å². The molecule has 1 N–H and O–H groups in total. The van der Waals surface area contributed by atoms with Crippen LogP contribution in [0.5, 0.6) is 0 Å². The van der Waals surface area contributed by atoms with Crippen LogP contribution < -0.4 is 5.32 Å². The highest BCUT2D eigenvalue weighted by Gasteiger charge is 2.32. The molecule has 6 heteroatoms. The van der Waals surface area contributed by atoms with Crippen molar-refractivity contribution in [2.75, 3.05) is 12.4 Å². The van der Waals surface area contributed by atoms with E-state index in [1.165, 1.54) is 26.2 Å². The average molecular weight is 303 g/mol. The molecular weight excluding hydrogens is 283 g/mol. The van der Waals surface area contributed by atoms with Gasteiger partial charge in [0.25, 0.3) is 0 Å². The summed E-state index contributed by atoms with van der Waals surface area (Å²) in [7, 11) is 1.26. The minimum Gasteiger partial charge on any atom is -0.467 e. The number of hydrogen-bond donors (Lipinski definition) is 1. The van der Waals surface area contributed by atoms with Gasteiger partial charge in [-0.2, -0.15) is 13.2 Å². The molecule has 0 radical (unpaired) electrons. The molecule has 0 amide bonds. The second kappa shape index (κ2) is 7.33. The van der Waals surface area contributed by atoms with Gasteiger partial charge >= 0.3 is 12.1 Å². The number of nitrogens with one attached hydrogen (secondary N) is 1. The lowest BCUT2D eigenvalue weighted by atomic mass is 10.1. The third kappa shape index (κ3) is 4.95. The van der Waals surface area contributed by atoms with Crippen molar-refractivity contribution < 1.29 is 22.7 Å². The molecule has 1 rings (SSSR count). The van der Waals surface area contributed by atoms with Gasteiger partial charge < -0.3 is 10.1 Å². The van der Waals surface area contributed by atoms with Crippen LogP contribution in [0.4, 0.5) is 18.9 Å². The van der Waals surface area contributed by atoms with Crippen molar-refractivity contribution in [1.82, 2.24) is 0 Å². The molecule has 0 aromatic heterocycles. The Labute approximate surface area is 122 Å². The summed E-state index contributed by atoms with van der Waals surface area (Å²) < 4.78 is 43.3. The van der Waals surface area contributed by atoms with Gasteiger partial charge in [-0.05, 0) is 31.0 Å². The van der Waals surface area contributed by atoms with Crippen LogP contribution in [-0.4, -0.2) is 19.1 Å². The van der Waals surface area contributed by atoms with Crippen LogP contribution in [0.3, 0.4) is 0 Å². The number of ether oxygens (including phenoxy) is 1. The highest BCUT2D eigenvalue weighted by Crippen LogP contribution is 2.33. The summed E-state index contributed by atoms with van der Waals surface area (Å²) in [5.74, 6) is -0.474. The van der Waals surface area contributed by atoms with E-state index in [4.69, 9.17) is 0 Å². The largest absolute Gasteiger partial charge is 0.467 e. The standard InChI is InChI=1S/C15H20F3NO2/c1-4-5-6-13(14(20)21-3)19-11-8-7-10(2)12(9-11)15(16,17)18/h7-9,13,19H,4-6H2,1-3H3. The van der Waals surface area contributed by atoms with E-state index in [0.717, 1.165) is 18.9 Å². The van der Waals surface area contributed by atoms with Crippen molar-refractivity contribution in [2.45, 2.75) is 45.3 Å². The molecule has 1 aromatic carbocycles. The normalized spacial score (nSPS) is 12.9. The number of hydrogen-bond acceptors (Lipinski definition) is 3. The lowest BCUT2D eigenvalue weighted by Crippen LogP contribution is -2.30. The van der Waals surface area contributed by atoms with Gasteiger partial charge in [0.15, 0.2) is 0 Å². The molecule has 0 spiro atoms. The van der Waals surface area contributed by atoms with Crippen LogP contribution >= 0.6 is 0 Å². The molecule has 1 unspecified atom stereocenters. The predicted molar refractivity (Wildman–Crippen MR) is 75.1 cm³/mol. The first kappa shape index (κ1) is 17.3. The number of aryl methyl sites for hydroxylation is 1. The van der Waals surface area contributed by atoms with Crippen LogP contribution in [0.25, 0.3) is 0 Å². The average Bonchev–Trinajstić information content (AvgIpc) is 2.43. The van der Waals surface area contributed by atoms with Crippen molar-refractivity contribution in [3.05, 3.63) is 29.3 Å². The highest BCUT2D eigenvalue weighted by molar-refractivity contribution is 5.79. The van der Waals surface area contributed by atoms with Gasteiger partial charge in [0.2, 0.25) is 0 Å². The first-order valence-electron chi connectivity index (χ1n) is 6.81. The Morgan fingerprint density at radius 3 is 2.57 bits per heavy atom. The van der Waals surface area contributed by atoms with Crippen molar-refractivity contribution >= 4 is 11.7 Å². The second-order valence-corrected chi connectivity index (χ2v) is 4.89. The number of methoxy groups -OCH3 is 1. The molecule has 0 aliphatic carbocycles. The number of unbranched alkanes of at least 4 members (excludes halogenated alkanes) is 1. The summed E-state index contributed by atoms with van der Waals surface area (Å²) in [5.41, 5.74) is -0.290. The Balaban J connectivity index is 2.96. The smallest absolute Gasteiger partial charge is 0.416 e. The van der Waals surface area contributed by atoms with Gasteiger partial charge in [0.1, 0.15) is 6.04 Å². The van der Waals surface area contributed by atoms with Gasteiger partial charge in [0, 0.05) is 5.69 Å². The van der Waals surface area contributed by atoms with E-state index >= 15 is 0 Å². The molecule has 0 heterocycles. The van der Waals surface area contributed by atoms with Crippen LogP contribution in [-0.2, 0) is 15.7 Å². The minimum atomic E-state index is -4.41. The zero-order valence-electron chi connectivity index (χ0n) is 12.4. The van der Waals surface area contributed by atoms with Gasteiger partial charge in [-0.25, -0.2) is 4.79 Å². The third-order valence-corrected chi connectivity index (χ3v) is 3.22. The summed E-state index contributed by atoms with van der Waals surface area (Å²) in [6, 6.07) is 3.31. The topological polar surface area (TPSA) is 38.3 Å². The monoisotopic (exact) mass is 303 g/mol. The van der Waals surface area contributed by atoms with Gasteiger partial charge in [-0.3, -0.25) is 0 Å². The number of alkyl halides is 3. The molecule has 0 fully saturated rings. The second-order valence-electron chi connectivity index (χ2n) is 4.89. The Kier molecular flexibility index (Phi) is 6.05. The highest BCUT2D eigenvalue weighted by atomic mass is 19.4. The first-order valence-corrected chi connectivity index (χ1v) is 6.81. The molecule has 0 saturated carbocycles. The third-order valence-electron chi connectivity index (χ3n) is 3.22. The molecule has 3 nitrogen and oxygen atoms in total. The molecular formula is C15H20F3NO2. The van der Waals surface area contributed by atoms with E-state index in [1.54, 1.807) is 0 Å². The summed E-state index contributed by atoms with van der Waals surface area (Å²) in [6.07, 6.45) is -2.23. The van der Waals surface area contributed by atoms with Crippen molar-refractivity contribution in [3.8, 4) is 0 Å². The quantitative estimate of drug-likeness (QED) is 0.802. The van der Waals surface area contributed by atoms with Crippen molar-refractivity contribution in [2.24, 2.45) is 0 Å². The number of rotatable bonds is 6. The Hall–Kier alpha value is -1.72. The number of halogens is 3. The zero-order valence-corrected chi connectivity index (χ0v) is 12.4. The van der Waals surface area contributed by atoms with Crippen LogP contribution in [0.1, 0.15) is 37.3 Å². The maximum Gasteiger partial charge on any atom is 0.416 e. The molecule has 21 heavy (non-hydrogen) atoms. The van der Waals surface area contributed by atoms with E-state index in [0.29, 0.717) is 6.42 Å². The first-order chi connectivity index (χ1) is 9.79. The number of carbonyl (C=O) groups excluding carboxylic acids is 1. The van der Waals surface area contributed by atoms with E-state index < -0.39 is 23.8 Å². The summed E-state index contributed by atoms with van der Waals surface area (Å²) in [5, 5.41) is 2.83. The lowest BCUT2D eigenvalue weighted by molar-refractivity contribution is -0.141. The molecule has 118 valence electrons. The Morgan fingerprint density at radius 1 is 1.38 bits per heavy atom. The number of esters is 1. The fourth-order valence-electron chi connectivity index (χ4n) is 2.02. The van der Waals surface area contributed by atoms with Gasteiger partial charge in [0.05, 0.1) is 12.7 Å². The van der Waals surface area contributed by atoms with Crippen LogP contribution in [0.15, 0.2) is 18.2 Å². The predicted octanol–water partition coefficient (Wildman–Crippen LogP) is 4.16. The number of anilines is 1. The SMILES string of the molecule is CCCCC(Nc1ccc(C)c(C(F)(F)F)c1)C(=O)OC. The van der Waals surface area contributed by atoms with Gasteiger partial charge in [-0.15, -0.1) is 0 Å². The van der Waals surface area contributed by atoms with E-state index in [2.05, 4.69) is 10.1 Å². The zero-order chi connectivity index (χ0) is 16.0. The maximum absolute atomic E-state index is 12.9. The Morgan fingerprint density at radius 2 is 2.05 bits per heavy atom. The molecule has 1 aromatic rings. The van der Waals surface area contributed by atoms with Crippen LogP contribution in [0, 0.1) is 6.92 Å². The van der Waals surface area contributed by atoms with E-state index in [-0.39, 0.29) is 11.3 Å².